The minimum Gasteiger partial charge on any atom is -0.342 e. The molecule has 0 aliphatic carbocycles. The molecule has 2 aromatic heterocycles. The van der Waals surface area contributed by atoms with Crippen molar-refractivity contribution in [2.75, 3.05) is 13.1 Å². The summed E-state index contributed by atoms with van der Waals surface area (Å²) in [5.74, 6) is -0.490. The highest BCUT2D eigenvalue weighted by Gasteiger charge is 2.37. The molecule has 1 aliphatic rings. The van der Waals surface area contributed by atoms with Gasteiger partial charge in [-0.05, 0) is 32.1 Å². The van der Waals surface area contributed by atoms with Crippen LogP contribution in [0.5, 0.6) is 0 Å². The van der Waals surface area contributed by atoms with Crippen LogP contribution < -0.4 is 0 Å². The van der Waals surface area contributed by atoms with E-state index in [-0.39, 0.29) is 18.1 Å². The van der Waals surface area contributed by atoms with Gasteiger partial charge in [-0.2, -0.15) is 18.2 Å². The summed E-state index contributed by atoms with van der Waals surface area (Å²) in [7, 11) is 0. The Morgan fingerprint density at radius 1 is 1.15 bits per heavy atom. The van der Waals surface area contributed by atoms with Gasteiger partial charge in [-0.3, -0.25) is 4.79 Å². The molecule has 0 radical (unpaired) electrons. The van der Waals surface area contributed by atoms with Crippen LogP contribution in [0.1, 0.15) is 43.0 Å². The Kier molecular flexibility index (Phi) is 4.66. The van der Waals surface area contributed by atoms with Crippen LogP contribution in [-0.2, 0) is 17.4 Å². The van der Waals surface area contributed by atoms with E-state index in [2.05, 4.69) is 28.9 Å². The number of piperidine rings is 1. The van der Waals surface area contributed by atoms with E-state index >= 15 is 0 Å². The number of alkyl halides is 3. The number of hydrogen-bond donors (Lipinski definition) is 0. The summed E-state index contributed by atoms with van der Waals surface area (Å²) in [6.07, 6.45) is -3.44. The zero-order chi connectivity index (χ0) is 19.2. The number of carbonyl (C=O) groups excluding carboxylic acids is 1. The molecule has 1 saturated heterocycles. The van der Waals surface area contributed by atoms with Gasteiger partial charge in [0, 0.05) is 30.0 Å². The van der Waals surface area contributed by atoms with Crippen molar-refractivity contribution in [3.05, 3.63) is 22.8 Å². The number of nitrogens with zero attached hydrogens (tertiary/aromatic N) is 5. The number of aromatic nitrogens is 4. The Labute approximate surface area is 149 Å². The molecule has 142 valence electrons. The lowest BCUT2D eigenvalue weighted by molar-refractivity contribution is -0.144. The molecular formula is C17H22F3N5O. The molecule has 26 heavy (non-hydrogen) atoms. The van der Waals surface area contributed by atoms with Crippen molar-refractivity contribution >= 4 is 11.7 Å². The third-order valence-corrected chi connectivity index (χ3v) is 4.85. The lowest BCUT2D eigenvalue weighted by atomic mass is 9.91. The van der Waals surface area contributed by atoms with Crippen molar-refractivity contribution in [1.82, 2.24) is 24.5 Å². The molecule has 3 heterocycles. The summed E-state index contributed by atoms with van der Waals surface area (Å²) < 4.78 is 39.6. The van der Waals surface area contributed by atoms with Gasteiger partial charge in [0.15, 0.2) is 0 Å². The van der Waals surface area contributed by atoms with Crippen LogP contribution in [0.25, 0.3) is 5.78 Å². The molecule has 0 unspecified atom stereocenters. The molecule has 1 amide bonds. The van der Waals surface area contributed by atoms with Crippen molar-refractivity contribution < 1.29 is 18.0 Å². The van der Waals surface area contributed by atoms with Crippen LogP contribution in [0, 0.1) is 25.7 Å². The van der Waals surface area contributed by atoms with Gasteiger partial charge < -0.3 is 4.90 Å². The minimum absolute atomic E-state index is 0.0353. The van der Waals surface area contributed by atoms with E-state index in [1.807, 2.05) is 4.90 Å². The molecule has 0 spiro atoms. The van der Waals surface area contributed by atoms with E-state index in [1.54, 1.807) is 13.8 Å². The van der Waals surface area contributed by atoms with E-state index in [0.717, 1.165) is 10.9 Å². The van der Waals surface area contributed by atoms with Gasteiger partial charge in [0.2, 0.25) is 5.91 Å². The molecule has 0 saturated carbocycles. The van der Waals surface area contributed by atoms with Gasteiger partial charge in [-0.1, -0.05) is 13.8 Å². The Morgan fingerprint density at radius 3 is 2.35 bits per heavy atom. The second-order valence-corrected chi connectivity index (χ2v) is 7.33. The average Bonchev–Trinajstić information content (AvgIpc) is 2.94. The SMILES string of the molecule is Cc1nc2nc(C(F)(F)F)nn2c(C)c1CC(=O)N1C[C@H](C)C[C@H](C)C1. The van der Waals surface area contributed by atoms with Gasteiger partial charge in [-0.25, -0.2) is 9.50 Å². The number of aryl methyl sites for hydroxylation is 2. The second-order valence-electron chi connectivity index (χ2n) is 7.33. The van der Waals surface area contributed by atoms with Gasteiger partial charge in [0.05, 0.1) is 6.42 Å². The summed E-state index contributed by atoms with van der Waals surface area (Å²) in [4.78, 5) is 22.1. The molecule has 6 nitrogen and oxygen atoms in total. The van der Waals surface area contributed by atoms with Crippen molar-refractivity contribution in [2.45, 2.75) is 46.7 Å². The number of fused-ring (bicyclic) bond motifs is 1. The number of likely N-dealkylation sites (tertiary alicyclic amines) is 1. The summed E-state index contributed by atoms with van der Waals surface area (Å²) in [6.45, 7) is 8.97. The van der Waals surface area contributed by atoms with Gasteiger partial charge in [-0.15, -0.1) is 5.10 Å². The maximum Gasteiger partial charge on any atom is 0.453 e. The molecule has 0 N–H and O–H groups in total. The summed E-state index contributed by atoms with van der Waals surface area (Å²) in [5.41, 5.74) is 1.57. The van der Waals surface area contributed by atoms with Crippen LogP contribution in [0.4, 0.5) is 13.2 Å². The van der Waals surface area contributed by atoms with Gasteiger partial charge in [0.25, 0.3) is 11.6 Å². The quantitative estimate of drug-likeness (QED) is 0.817. The van der Waals surface area contributed by atoms with Crippen molar-refractivity contribution in [1.29, 1.82) is 0 Å². The molecule has 9 heteroatoms. The number of rotatable bonds is 2. The summed E-state index contributed by atoms with van der Waals surface area (Å²) in [6, 6.07) is 0. The van der Waals surface area contributed by atoms with Crippen LogP contribution in [0.3, 0.4) is 0 Å². The molecule has 3 rings (SSSR count). The number of halogens is 3. The molecule has 1 aliphatic heterocycles. The summed E-state index contributed by atoms with van der Waals surface area (Å²) in [5, 5.41) is 3.52. The van der Waals surface area contributed by atoms with Gasteiger partial charge in [0.1, 0.15) is 0 Å². The highest BCUT2D eigenvalue weighted by molar-refractivity contribution is 5.79. The first-order valence-electron chi connectivity index (χ1n) is 8.64. The monoisotopic (exact) mass is 369 g/mol. The smallest absolute Gasteiger partial charge is 0.342 e. The van der Waals surface area contributed by atoms with Crippen LogP contribution >= 0.6 is 0 Å². The predicted molar refractivity (Wildman–Crippen MR) is 88.5 cm³/mol. The first-order valence-corrected chi connectivity index (χ1v) is 8.64. The van der Waals surface area contributed by atoms with Crippen LogP contribution in [-0.4, -0.2) is 43.5 Å². The van der Waals surface area contributed by atoms with Crippen molar-refractivity contribution in [3.63, 3.8) is 0 Å². The lowest BCUT2D eigenvalue weighted by Gasteiger charge is -2.35. The molecule has 0 aromatic carbocycles. The first-order chi connectivity index (χ1) is 12.1. The minimum atomic E-state index is -4.63. The first kappa shape index (κ1) is 18.6. The standard InChI is InChI=1S/C17H22F3N5O/c1-9-5-10(2)8-24(7-9)14(26)6-13-11(3)21-16-22-15(17(18,19)20)23-25(16)12(13)4/h9-10H,5-8H2,1-4H3/t9-,10+. The van der Waals surface area contributed by atoms with E-state index in [0.29, 0.717) is 41.9 Å². The fourth-order valence-electron chi connectivity index (χ4n) is 3.71. The van der Waals surface area contributed by atoms with Gasteiger partial charge >= 0.3 is 6.18 Å². The third-order valence-electron chi connectivity index (χ3n) is 4.85. The highest BCUT2D eigenvalue weighted by Crippen LogP contribution is 2.27. The Balaban J connectivity index is 1.91. The second kappa shape index (κ2) is 6.51. The van der Waals surface area contributed by atoms with E-state index in [4.69, 9.17) is 0 Å². The molecule has 2 atom stereocenters. The summed E-state index contributed by atoms with van der Waals surface area (Å²) >= 11 is 0. The fourth-order valence-corrected chi connectivity index (χ4v) is 3.71. The van der Waals surface area contributed by atoms with Crippen molar-refractivity contribution in [3.8, 4) is 0 Å². The molecular weight excluding hydrogens is 347 g/mol. The Bertz CT molecular complexity index is 835. The number of carbonyl (C=O) groups is 1. The topological polar surface area (TPSA) is 63.4 Å². The normalized spacial score (nSPS) is 21.4. The van der Waals surface area contributed by atoms with Crippen molar-refractivity contribution in [2.24, 2.45) is 11.8 Å². The third kappa shape index (κ3) is 3.52. The van der Waals surface area contributed by atoms with E-state index in [1.165, 1.54) is 0 Å². The zero-order valence-electron chi connectivity index (χ0n) is 15.3. The zero-order valence-corrected chi connectivity index (χ0v) is 15.3. The maximum atomic E-state index is 12.9. The Hall–Kier alpha value is -2.19. The molecule has 0 bridgehead atoms. The maximum absolute atomic E-state index is 12.9. The van der Waals surface area contributed by atoms with E-state index < -0.39 is 12.0 Å². The predicted octanol–water partition coefficient (Wildman–Crippen LogP) is 2.81. The number of amides is 1. The van der Waals surface area contributed by atoms with E-state index in [9.17, 15) is 18.0 Å². The highest BCUT2D eigenvalue weighted by atomic mass is 19.4. The molecule has 2 aromatic rings. The number of hydrogen-bond acceptors (Lipinski definition) is 4. The van der Waals surface area contributed by atoms with Crippen LogP contribution in [0.2, 0.25) is 0 Å². The van der Waals surface area contributed by atoms with Crippen LogP contribution in [0.15, 0.2) is 0 Å². The lowest BCUT2D eigenvalue weighted by Crippen LogP contribution is -2.43. The average molecular weight is 369 g/mol. The Morgan fingerprint density at radius 2 is 1.77 bits per heavy atom. The molecule has 1 fully saturated rings. The largest absolute Gasteiger partial charge is 0.453 e. The fraction of sp³-hybridized carbons (Fsp3) is 0.647.